The van der Waals surface area contributed by atoms with Gasteiger partial charge in [0.1, 0.15) is 23.1 Å². The zero-order chi connectivity index (χ0) is 19.4. The molecule has 9 heteroatoms. The number of amides is 1. The number of nitrogens with one attached hydrogen (secondary N) is 2. The van der Waals surface area contributed by atoms with Crippen molar-refractivity contribution in [2.75, 3.05) is 23.4 Å². The lowest BCUT2D eigenvalue weighted by atomic mass is 10.2. The fourth-order valence-electron chi connectivity index (χ4n) is 2.87. The van der Waals surface area contributed by atoms with Gasteiger partial charge in [-0.25, -0.2) is 18.4 Å². The number of rotatable bonds is 6. The Bertz CT molecular complexity index is 929. The minimum absolute atomic E-state index is 0.0277. The summed E-state index contributed by atoms with van der Waals surface area (Å²) in [6, 6.07) is 8.56. The van der Waals surface area contributed by atoms with Gasteiger partial charge in [-0.1, -0.05) is 0 Å². The highest BCUT2D eigenvalue weighted by Gasteiger charge is 2.29. The van der Waals surface area contributed by atoms with Crippen molar-refractivity contribution in [3.63, 3.8) is 0 Å². The van der Waals surface area contributed by atoms with Crippen molar-refractivity contribution in [3.05, 3.63) is 41.9 Å². The molecule has 1 unspecified atom stereocenters. The number of carbonyl (C=O) groups excluding carboxylic acids is 1. The van der Waals surface area contributed by atoms with Crippen LogP contribution in [0.15, 0.2) is 30.3 Å². The van der Waals surface area contributed by atoms with Gasteiger partial charge >= 0.3 is 0 Å². The third-order valence-electron chi connectivity index (χ3n) is 4.08. The summed E-state index contributed by atoms with van der Waals surface area (Å²) < 4.78 is 28.5. The van der Waals surface area contributed by atoms with Crippen LogP contribution >= 0.6 is 0 Å². The van der Waals surface area contributed by atoms with Crippen molar-refractivity contribution >= 4 is 27.2 Å². The van der Waals surface area contributed by atoms with Crippen molar-refractivity contribution in [1.82, 2.24) is 15.3 Å². The molecule has 144 valence electrons. The average molecular weight is 390 g/mol. The van der Waals surface area contributed by atoms with E-state index < -0.39 is 15.7 Å². The molecule has 1 aromatic carbocycles. The maximum absolute atomic E-state index is 12.4. The van der Waals surface area contributed by atoms with Gasteiger partial charge in [-0.3, -0.25) is 4.79 Å². The number of aromatic nitrogens is 2. The number of anilines is 2. The van der Waals surface area contributed by atoms with E-state index in [1.807, 2.05) is 31.2 Å². The predicted octanol–water partition coefficient (Wildman–Crippen LogP) is 1.84. The van der Waals surface area contributed by atoms with Crippen molar-refractivity contribution in [2.24, 2.45) is 0 Å². The van der Waals surface area contributed by atoms with Gasteiger partial charge in [0.05, 0.1) is 18.1 Å². The Hall–Kier alpha value is -2.68. The highest BCUT2D eigenvalue weighted by atomic mass is 32.2. The van der Waals surface area contributed by atoms with Gasteiger partial charge in [0.15, 0.2) is 9.84 Å². The molecule has 1 atom stereocenters. The first-order valence-corrected chi connectivity index (χ1v) is 10.5. The Morgan fingerprint density at radius 3 is 2.63 bits per heavy atom. The number of hydrogen-bond donors (Lipinski definition) is 2. The van der Waals surface area contributed by atoms with E-state index in [0.717, 1.165) is 11.4 Å². The zero-order valence-electron chi connectivity index (χ0n) is 15.2. The maximum Gasteiger partial charge on any atom is 0.270 e. The smallest absolute Gasteiger partial charge is 0.270 e. The second-order valence-corrected chi connectivity index (χ2v) is 8.57. The van der Waals surface area contributed by atoms with E-state index in [9.17, 15) is 13.2 Å². The molecule has 2 heterocycles. The Labute approximate surface area is 158 Å². The average Bonchev–Trinajstić information content (AvgIpc) is 2.95. The van der Waals surface area contributed by atoms with E-state index >= 15 is 0 Å². The summed E-state index contributed by atoms with van der Waals surface area (Å²) in [5.41, 5.74) is 0.991. The first-order valence-electron chi connectivity index (χ1n) is 8.71. The van der Waals surface area contributed by atoms with E-state index in [1.54, 1.807) is 13.0 Å². The van der Waals surface area contributed by atoms with E-state index in [2.05, 4.69) is 20.6 Å². The van der Waals surface area contributed by atoms with Crippen LogP contribution in [-0.2, 0) is 9.84 Å². The van der Waals surface area contributed by atoms with Crippen LogP contribution in [0.5, 0.6) is 5.75 Å². The molecule has 8 nitrogen and oxygen atoms in total. The summed E-state index contributed by atoms with van der Waals surface area (Å²) in [5, 5.41) is 5.87. The van der Waals surface area contributed by atoms with Crippen molar-refractivity contribution < 1.29 is 17.9 Å². The van der Waals surface area contributed by atoms with E-state index in [-0.39, 0.29) is 23.2 Å². The molecule has 0 spiro atoms. The monoisotopic (exact) mass is 390 g/mol. The topological polar surface area (TPSA) is 110 Å². The molecule has 3 rings (SSSR count). The zero-order valence-corrected chi connectivity index (χ0v) is 16.0. The number of benzene rings is 1. The van der Waals surface area contributed by atoms with E-state index in [0.29, 0.717) is 24.7 Å². The molecule has 1 amide bonds. The fraction of sp³-hybridized carbons (Fsp3) is 0.389. The lowest BCUT2D eigenvalue weighted by Crippen LogP contribution is -2.36. The van der Waals surface area contributed by atoms with Crippen molar-refractivity contribution in [3.8, 4) is 5.75 Å². The highest BCUT2D eigenvalue weighted by molar-refractivity contribution is 7.91. The molecule has 0 saturated carbocycles. The van der Waals surface area contributed by atoms with Crippen LogP contribution in [0.2, 0.25) is 0 Å². The van der Waals surface area contributed by atoms with Crippen LogP contribution in [0.3, 0.4) is 0 Å². The third-order valence-corrected chi connectivity index (χ3v) is 5.84. The lowest BCUT2D eigenvalue weighted by Gasteiger charge is -2.12. The minimum Gasteiger partial charge on any atom is -0.494 e. The molecule has 1 fully saturated rings. The van der Waals surface area contributed by atoms with Crippen LogP contribution in [0, 0.1) is 6.92 Å². The van der Waals surface area contributed by atoms with Crippen molar-refractivity contribution in [2.45, 2.75) is 26.3 Å². The van der Waals surface area contributed by atoms with Gasteiger partial charge in [0, 0.05) is 17.8 Å². The van der Waals surface area contributed by atoms with Crippen LogP contribution in [0.25, 0.3) is 0 Å². The fourth-order valence-corrected chi connectivity index (χ4v) is 4.54. The van der Waals surface area contributed by atoms with E-state index in [1.165, 1.54) is 0 Å². The van der Waals surface area contributed by atoms with Gasteiger partial charge in [-0.05, 0) is 44.5 Å². The summed E-state index contributed by atoms with van der Waals surface area (Å²) in [5.74, 6) is 1.36. The molecular weight excluding hydrogens is 368 g/mol. The van der Waals surface area contributed by atoms with Gasteiger partial charge in [0.25, 0.3) is 5.91 Å². The lowest BCUT2D eigenvalue weighted by molar-refractivity contribution is 0.0935. The molecular formula is C18H22N4O4S. The molecule has 2 N–H and O–H groups in total. The molecule has 1 aliphatic rings. The maximum atomic E-state index is 12.4. The van der Waals surface area contributed by atoms with Crippen LogP contribution in [0.1, 0.15) is 29.7 Å². The first kappa shape index (κ1) is 19.1. The number of nitrogens with zero attached hydrogens (tertiary/aromatic N) is 2. The summed E-state index contributed by atoms with van der Waals surface area (Å²) >= 11 is 0. The van der Waals surface area contributed by atoms with Crippen LogP contribution in [-0.4, -0.2) is 48.4 Å². The molecule has 0 bridgehead atoms. The second kappa shape index (κ2) is 7.91. The van der Waals surface area contributed by atoms with Gasteiger partial charge in [0.2, 0.25) is 0 Å². The largest absolute Gasteiger partial charge is 0.494 e. The first-order chi connectivity index (χ1) is 12.8. The standard InChI is InChI=1S/C18H22N4O4S/c1-3-26-15-6-4-13(5-7-15)21-17-10-16(19-12(2)20-17)18(23)22-14-8-9-27(24,25)11-14/h4-7,10,14H,3,8-9,11H2,1-2H3,(H,22,23)(H,19,20,21). The number of ether oxygens (including phenoxy) is 1. The quantitative estimate of drug-likeness (QED) is 0.774. The Balaban J connectivity index is 1.71. The summed E-state index contributed by atoms with van der Waals surface area (Å²) in [4.78, 5) is 20.9. The van der Waals surface area contributed by atoms with Gasteiger partial charge in [-0.15, -0.1) is 0 Å². The third kappa shape index (κ3) is 5.16. The van der Waals surface area contributed by atoms with Gasteiger partial charge < -0.3 is 15.4 Å². The Morgan fingerprint density at radius 2 is 2.00 bits per heavy atom. The molecule has 0 aliphatic carbocycles. The normalized spacial score (nSPS) is 18.1. The SMILES string of the molecule is CCOc1ccc(Nc2cc(C(=O)NC3CCS(=O)(=O)C3)nc(C)n2)cc1. The second-order valence-electron chi connectivity index (χ2n) is 6.34. The van der Waals surface area contributed by atoms with E-state index in [4.69, 9.17) is 4.74 Å². The molecule has 0 radical (unpaired) electrons. The number of aryl methyl sites for hydroxylation is 1. The number of hydrogen-bond acceptors (Lipinski definition) is 7. The van der Waals surface area contributed by atoms with Gasteiger partial charge in [-0.2, -0.15) is 0 Å². The Morgan fingerprint density at radius 1 is 1.26 bits per heavy atom. The summed E-state index contributed by atoms with van der Waals surface area (Å²) in [6.45, 7) is 4.21. The molecule has 2 aromatic rings. The minimum atomic E-state index is -3.06. The number of sulfone groups is 1. The van der Waals surface area contributed by atoms with Crippen LogP contribution in [0.4, 0.5) is 11.5 Å². The summed E-state index contributed by atoms with van der Waals surface area (Å²) in [6.07, 6.45) is 0.426. The molecule has 1 aromatic heterocycles. The highest BCUT2D eigenvalue weighted by Crippen LogP contribution is 2.20. The Kier molecular flexibility index (Phi) is 5.59. The summed E-state index contributed by atoms with van der Waals surface area (Å²) in [7, 11) is -3.06. The van der Waals surface area contributed by atoms with Crippen LogP contribution < -0.4 is 15.4 Å². The number of carbonyl (C=O) groups is 1. The molecule has 1 saturated heterocycles. The van der Waals surface area contributed by atoms with Crippen molar-refractivity contribution in [1.29, 1.82) is 0 Å². The molecule has 27 heavy (non-hydrogen) atoms. The molecule has 1 aliphatic heterocycles. The predicted molar refractivity (Wildman–Crippen MR) is 102 cm³/mol.